The Balaban J connectivity index is 1.72. The Bertz CT molecular complexity index is 1130. The molecule has 150 valence electrons. The Hall–Kier alpha value is -3.60. The minimum Gasteiger partial charge on any atom is -0.469 e. The lowest BCUT2D eigenvalue weighted by Gasteiger charge is -2.34. The van der Waals surface area contributed by atoms with Gasteiger partial charge < -0.3 is 9.73 Å². The number of hydrogen-bond acceptors (Lipinski definition) is 4. The molecule has 5 heteroatoms. The van der Waals surface area contributed by atoms with Gasteiger partial charge in [0.2, 0.25) is 5.91 Å². The summed E-state index contributed by atoms with van der Waals surface area (Å²) in [5, 5.41) is 3.49. The number of fused-ring (bicyclic) bond motifs is 1. The van der Waals surface area contributed by atoms with E-state index in [-0.39, 0.29) is 17.6 Å². The number of carbonyl (C=O) groups excluding carboxylic acids is 2. The van der Waals surface area contributed by atoms with Crippen molar-refractivity contribution in [2.24, 2.45) is 0 Å². The SMILES string of the molecule is CC(=O)N1c2ccccc2NC2=C(C(=O)C[C@@H](c3ccco3)C2)[C@H]1c1ccccc1. The number of para-hydroxylation sites is 2. The van der Waals surface area contributed by atoms with E-state index >= 15 is 0 Å². The minimum absolute atomic E-state index is 0.0220. The molecule has 5 nitrogen and oxygen atoms in total. The zero-order valence-corrected chi connectivity index (χ0v) is 16.7. The van der Waals surface area contributed by atoms with Crippen LogP contribution in [0.2, 0.25) is 0 Å². The van der Waals surface area contributed by atoms with Crippen molar-refractivity contribution in [1.29, 1.82) is 0 Å². The van der Waals surface area contributed by atoms with Crippen LogP contribution in [-0.4, -0.2) is 11.7 Å². The number of benzene rings is 2. The summed E-state index contributed by atoms with van der Waals surface area (Å²) < 4.78 is 5.61. The fraction of sp³-hybridized carbons (Fsp3) is 0.200. The molecule has 1 aliphatic heterocycles. The maximum Gasteiger partial charge on any atom is 0.224 e. The fourth-order valence-corrected chi connectivity index (χ4v) is 4.61. The molecule has 0 bridgehead atoms. The normalized spacial score (nSPS) is 20.8. The van der Waals surface area contributed by atoms with E-state index in [1.807, 2.05) is 66.7 Å². The zero-order valence-electron chi connectivity index (χ0n) is 16.7. The van der Waals surface area contributed by atoms with Crippen LogP contribution in [0.1, 0.15) is 43.0 Å². The summed E-state index contributed by atoms with van der Waals surface area (Å²) in [6.07, 6.45) is 2.65. The molecule has 1 N–H and O–H groups in total. The number of hydrogen-bond donors (Lipinski definition) is 1. The largest absolute Gasteiger partial charge is 0.469 e. The van der Waals surface area contributed by atoms with Gasteiger partial charge in [0.05, 0.1) is 23.7 Å². The smallest absolute Gasteiger partial charge is 0.224 e. The molecule has 0 saturated heterocycles. The van der Waals surface area contributed by atoms with Crippen LogP contribution in [0.4, 0.5) is 11.4 Å². The van der Waals surface area contributed by atoms with Crippen molar-refractivity contribution in [2.45, 2.75) is 31.7 Å². The molecule has 0 radical (unpaired) electrons. The third-order valence-corrected chi connectivity index (χ3v) is 5.89. The van der Waals surface area contributed by atoms with E-state index in [1.165, 1.54) is 0 Å². The molecule has 1 aromatic heterocycles. The van der Waals surface area contributed by atoms with Gasteiger partial charge in [-0.3, -0.25) is 14.5 Å². The van der Waals surface area contributed by atoms with E-state index in [0.717, 1.165) is 28.4 Å². The van der Waals surface area contributed by atoms with Gasteiger partial charge in [0.25, 0.3) is 0 Å². The maximum atomic E-state index is 13.5. The van der Waals surface area contributed by atoms with Crippen molar-refractivity contribution in [3.63, 3.8) is 0 Å². The van der Waals surface area contributed by atoms with Gasteiger partial charge in [0.15, 0.2) is 5.78 Å². The Morgan fingerprint density at radius 3 is 2.50 bits per heavy atom. The predicted molar refractivity (Wildman–Crippen MR) is 115 cm³/mol. The first-order valence-corrected chi connectivity index (χ1v) is 10.1. The van der Waals surface area contributed by atoms with Crippen molar-refractivity contribution < 1.29 is 14.0 Å². The van der Waals surface area contributed by atoms with Gasteiger partial charge in [-0.25, -0.2) is 0 Å². The average molecular weight is 398 g/mol. The van der Waals surface area contributed by atoms with E-state index in [4.69, 9.17) is 4.42 Å². The molecule has 3 aromatic rings. The topological polar surface area (TPSA) is 62.6 Å². The summed E-state index contributed by atoms with van der Waals surface area (Å²) in [7, 11) is 0. The van der Waals surface area contributed by atoms with Crippen LogP contribution in [0.15, 0.2) is 88.7 Å². The molecule has 2 aromatic carbocycles. The van der Waals surface area contributed by atoms with Gasteiger partial charge in [-0.2, -0.15) is 0 Å². The van der Waals surface area contributed by atoms with E-state index < -0.39 is 6.04 Å². The second-order valence-electron chi connectivity index (χ2n) is 7.78. The molecule has 1 amide bonds. The Morgan fingerprint density at radius 1 is 1.00 bits per heavy atom. The highest BCUT2D eigenvalue weighted by Gasteiger charge is 2.41. The summed E-state index contributed by atoms with van der Waals surface area (Å²) in [6.45, 7) is 1.55. The molecule has 0 spiro atoms. The summed E-state index contributed by atoms with van der Waals surface area (Å²) >= 11 is 0. The number of amides is 1. The monoisotopic (exact) mass is 398 g/mol. The van der Waals surface area contributed by atoms with Crippen molar-refractivity contribution >= 4 is 23.1 Å². The van der Waals surface area contributed by atoms with Gasteiger partial charge in [-0.15, -0.1) is 0 Å². The molecule has 5 rings (SSSR count). The van der Waals surface area contributed by atoms with Gasteiger partial charge >= 0.3 is 0 Å². The summed E-state index contributed by atoms with van der Waals surface area (Å²) in [6, 6.07) is 20.8. The molecular weight excluding hydrogens is 376 g/mol. The summed E-state index contributed by atoms with van der Waals surface area (Å²) in [4.78, 5) is 28.1. The van der Waals surface area contributed by atoms with Crippen molar-refractivity contribution in [3.05, 3.63) is 95.6 Å². The lowest BCUT2D eigenvalue weighted by Crippen LogP contribution is -2.37. The first-order valence-electron chi connectivity index (χ1n) is 10.1. The van der Waals surface area contributed by atoms with E-state index in [2.05, 4.69) is 5.32 Å². The third kappa shape index (κ3) is 3.03. The van der Waals surface area contributed by atoms with Crippen LogP contribution in [0.5, 0.6) is 0 Å². The quantitative estimate of drug-likeness (QED) is 0.644. The lowest BCUT2D eigenvalue weighted by atomic mass is 9.80. The summed E-state index contributed by atoms with van der Waals surface area (Å²) in [5.41, 5.74) is 4.04. The van der Waals surface area contributed by atoms with Crippen LogP contribution in [-0.2, 0) is 9.59 Å². The third-order valence-electron chi connectivity index (χ3n) is 5.89. The predicted octanol–water partition coefficient (Wildman–Crippen LogP) is 5.20. The molecule has 2 atom stereocenters. The van der Waals surface area contributed by atoms with Gasteiger partial charge in [0.1, 0.15) is 5.76 Å². The zero-order chi connectivity index (χ0) is 20.7. The second-order valence-corrected chi connectivity index (χ2v) is 7.78. The first-order chi connectivity index (χ1) is 14.6. The Labute approximate surface area is 175 Å². The second kappa shape index (κ2) is 7.34. The minimum atomic E-state index is -0.472. The number of carbonyl (C=O) groups is 2. The lowest BCUT2D eigenvalue weighted by molar-refractivity contribution is -0.117. The number of rotatable bonds is 2. The van der Waals surface area contributed by atoms with Crippen molar-refractivity contribution in [3.8, 4) is 0 Å². The molecule has 1 aliphatic carbocycles. The van der Waals surface area contributed by atoms with Crippen molar-refractivity contribution in [1.82, 2.24) is 0 Å². The van der Waals surface area contributed by atoms with Crippen LogP contribution < -0.4 is 10.2 Å². The summed E-state index contributed by atoms with van der Waals surface area (Å²) in [5.74, 6) is 0.728. The molecule has 0 saturated carbocycles. The number of furan rings is 1. The van der Waals surface area contributed by atoms with Gasteiger partial charge in [0, 0.05) is 30.5 Å². The molecular formula is C25H22N2O3. The Morgan fingerprint density at radius 2 is 1.77 bits per heavy atom. The van der Waals surface area contributed by atoms with Crippen LogP contribution in [0.3, 0.4) is 0 Å². The highest BCUT2D eigenvalue weighted by atomic mass is 16.3. The van der Waals surface area contributed by atoms with E-state index in [9.17, 15) is 9.59 Å². The number of allylic oxidation sites excluding steroid dienone is 1. The molecule has 30 heavy (non-hydrogen) atoms. The standard InChI is InChI=1S/C25H22N2O3/c1-16(28)27-21-11-6-5-10-19(21)26-20-14-18(23-12-7-13-30-23)15-22(29)24(20)25(27)17-8-3-2-4-9-17/h2-13,18,25-26H,14-15H2,1H3/t18-,25+/m0/s1. The number of anilines is 2. The van der Waals surface area contributed by atoms with Crippen LogP contribution in [0.25, 0.3) is 0 Å². The molecule has 0 unspecified atom stereocenters. The van der Waals surface area contributed by atoms with Crippen LogP contribution in [0, 0.1) is 0 Å². The highest BCUT2D eigenvalue weighted by Crippen LogP contribution is 2.47. The number of Topliss-reactive ketones (excluding diaryl/α,β-unsaturated/α-hetero) is 1. The van der Waals surface area contributed by atoms with Crippen molar-refractivity contribution in [2.75, 3.05) is 10.2 Å². The number of ketones is 1. The maximum absolute atomic E-state index is 13.5. The molecule has 2 heterocycles. The number of nitrogens with zero attached hydrogens (tertiary/aromatic N) is 1. The average Bonchev–Trinajstić information content (AvgIpc) is 3.24. The van der Waals surface area contributed by atoms with Crippen LogP contribution >= 0.6 is 0 Å². The van der Waals surface area contributed by atoms with Gasteiger partial charge in [-0.05, 0) is 36.2 Å². The van der Waals surface area contributed by atoms with E-state index in [0.29, 0.717) is 18.4 Å². The fourth-order valence-electron chi connectivity index (χ4n) is 4.61. The molecule has 0 fully saturated rings. The molecule has 2 aliphatic rings. The Kier molecular flexibility index (Phi) is 4.51. The van der Waals surface area contributed by atoms with Gasteiger partial charge in [-0.1, -0.05) is 42.5 Å². The first kappa shape index (κ1) is 18.4. The number of nitrogens with one attached hydrogen (secondary N) is 1. The van der Waals surface area contributed by atoms with E-state index in [1.54, 1.807) is 18.1 Å². The highest BCUT2D eigenvalue weighted by molar-refractivity contribution is 6.05.